The average molecular weight is 90.1 g/mol. The highest BCUT2D eigenvalue weighted by atomic mass is 32.1. The second-order valence-corrected chi connectivity index (χ2v) is 1.17. The topological polar surface area (TPSA) is 19.9 Å². The molecule has 0 aliphatic carbocycles. The van der Waals surface area contributed by atoms with Gasteiger partial charge in [0.1, 0.15) is 0 Å². The van der Waals surface area contributed by atoms with Gasteiger partial charge in [-0.05, 0) is 6.42 Å². The Bertz CT molecular complexity index is 14.4. The first-order chi connectivity index (χ1) is 2.41. The summed E-state index contributed by atoms with van der Waals surface area (Å²) in [5.41, 5.74) is 0. The van der Waals surface area contributed by atoms with E-state index in [0.29, 0.717) is 12.2 Å². The molecule has 0 atom stereocenters. The quantitative estimate of drug-likeness (QED) is 0.482. The Labute approximate surface area is 37.4 Å². The Hall–Kier alpha value is 0.310. The lowest BCUT2D eigenvalue weighted by molar-refractivity contribution is 0.195. The van der Waals surface area contributed by atoms with Crippen molar-refractivity contribution in [1.82, 2.24) is 0 Å². The summed E-state index contributed by atoms with van der Waals surface area (Å²) < 4.78 is 0. The molecule has 0 aromatic heterocycles. The molecular weight excluding hydrogens is 84.1 g/mol. The maximum atomic E-state index is 9.46. The lowest BCUT2D eigenvalue weighted by Gasteiger charge is -1.75. The van der Waals surface area contributed by atoms with Crippen molar-refractivity contribution < 1.29 is 5.11 Å². The zero-order valence-corrected chi connectivity index (χ0v) is 3.75. The van der Waals surface area contributed by atoms with Gasteiger partial charge in [0.15, 0.2) is 0 Å². The van der Waals surface area contributed by atoms with E-state index in [9.17, 15) is 5.11 Å². The molecule has 0 fully saturated rings. The van der Waals surface area contributed by atoms with Crippen LogP contribution in [-0.4, -0.2) is 12.4 Å². The molecule has 0 saturated heterocycles. The second kappa shape index (κ2) is 4.31. The fraction of sp³-hybridized carbons (Fsp3) is 1.00. The van der Waals surface area contributed by atoms with Crippen molar-refractivity contribution in [2.45, 2.75) is 6.42 Å². The molecule has 0 aliphatic rings. The van der Waals surface area contributed by atoms with E-state index in [2.05, 4.69) is 12.6 Å². The lowest BCUT2D eigenvalue weighted by Crippen LogP contribution is -1.77. The van der Waals surface area contributed by atoms with Crippen LogP contribution < -0.4 is 0 Å². The second-order valence-electron chi connectivity index (χ2n) is 0.762. The van der Waals surface area contributed by atoms with Gasteiger partial charge in [-0.25, -0.2) is 5.11 Å². The van der Waals surface area contributed by atoms with Gasteiger partial charge in [-0.1, -0.05) is 12.6 Å². The van der Waals surface area contributed by atoms with E-state index in [1.165, 1.54) is 0 Å². The Morgan fingerprint density at radius 3 is 2.20 bits per heavy atom. The molecule has 0 heterocycles. The molecule has 0 N–H and O–H groups in total. The molecule has 0 spiro atoms. The first-order valence-electron chi connectivity index (χ1n) is 1.58. The van der Waals surface area contributed by atoms with Gasteiger partial charge in [-0.15, -0.1) is 0 Å². The Morgan fingerprint density at radius 2 is 2.20 bits per heavy atom. The molecule has 2 heteroatoms. The number of hydrogen-bond acceptors (Lipinski definition) is 0. The van der Waals surface area contributed by atoms with Crippen molar-refractivity contribution in [3.05, 3.63) is 0 Å². The molecule has 30 valence electrons. The Kier molecular flexibility index (Phi) is 4.58. The summed E-state index contributed by atoms with van der Waals surface area (Å²) in [7, 11) is 0. The summed E-state index contributed by atoms with van der Waals surface area (Å²) in [6.07, 6.45) is 0.648. The highest BCUT2D eigenvalue weighted by molar-refractivity contribution is 7.80. The van der Waals surface area contributed by atoms with Crippen molar-refractivity contribution in [3.63, 3.8) is 0 Å². The summed E-state index contributed by atoms with van der Waals surface area (Å²) in [5.74, 6) is 0.615. The van der Waals surface area contributed by atoms with E-state index in [1.807, 2.05) is 0 Å². The molecular formula is C3H6OS. The zero-order chi connectivity index (χ0) is 4.12. The summed E-state index contributed by atoms with van der Waals surface area (Å²) in [4.78, 5) is 0. The fourth-order valence-corrected chi connectivity index (χ4v) is 0.177. The third-order valence-corrected chi connectivity index (χ3v) is 0.577. The van der Waals surface area contributed by atoms with Crippen LogP contribution in [0.25, 0.3) is 0 Å². The largest absolute Gasteiger partial charge is 0.237 e. The van der Waals surface area contributed by atoms with E-state index < -0.39 is 0 Å². The predicted molar refractivity (Wildman–Crippen MR) is 22.6 cm³/mol. The van der Waals surface area contributed by atoms with Crippen molar-refractivity contribution in [2.75, 3.05) is 12.4 Å². The van der Waals surface area contributed by atoms with Crippen molar-refractivity contribution >= 4 is 12.6 Å². The van der Waals surface area contributed by atoms with E-state index >= 15 is 0 Å². The predicted octanol–water partition coefficient (Wildman–Crippen LogP) is 1.00. The molecule has 5 heavy (non-hydrogen) atoms. The molecule has 1 nitrogen and oxygen atoms in total. The normalized spacial score (nSPS) is 8.40. The SMILES string of the molecule is [O]CCC[S]. The summed E-state index contributed by atoms with van der Waals surface area (Å²) in [6, 6.07) is 0. The van der Waals surface area contributed by atoms with Crippen molar-refractivity contribution in [1.29, 1.82) is 0 Å². The van der Waals surface area contributed by atoms with Crippen LogP contribution in [0.15, 0.2) is 0 Å². The maximum absolute atomic E-state index is 9.46. The molecule has 2 radical (unpaired) electrons. The highest BCUT2D eigenvalue weighted by Crippen LogP contribution is 1.77. The molecule has 0 amide bonds. The molecule has 0 unspecified atom stereocenters. The minimum Gasteiger partial charge on any atom is -0.237 e. The fourth-order valence-electron chi connectivity index (χ4n) is 0.0589. The van der Waals surface area contributed by atoms with Crippen LogP contribution in [-0.2, 0) is 5.11 Å². The average Bonchev–Trinajstić information content (AvgIpc) is 1.41. The summed E-state index contributed by atoms with van der Waals surface area (Å²) >= 11 is 4.45. The third kappa shape index (κ3) is 4.31. The molecule has 0 aromatic rings. The lowest BCUT2D eigenvalue weighted by atomic mass is 10.5. The van der Waals surface area contributed by atoms with Gasteiger partial charge in [0.25, 0.3) is 0 Å². The molecule has 0 aromatic carbocycles. The van der Waals surface area contributed by atoms with Gasteiger partial charge >= 0.3 is 0 Å². The van der Waals surface area contributed by atoms with Crippen LogP contribution in [0.5, 0.6) is 0 Å². The van der Waals surface area contributed by atoms with E-state index in [1.54, 1.807) is 0 Å². The number of hydrogen-bond donors (Lipinski definition) is 0. The summed E-state index contributed by atoms with van der Waals surface area (Å²) in [5, 5.41) is 9.46. The zero-order valence-electron chi connectivity index (χ0n) is 2.94. The van der Waals surface area contributed by atoms with Gasteiger partial charge in [-0.3, -0.25) is 0 Å². The molecule has 0 saturated carbocycles. The van der Waals surface area contributed by atoms with Gasteiger partial charge in [-0.2, -0.15) is 0 Å². The molecule has 0 aliphatic heterocycles. The minimum atomic E-state index is -0.0104. The summed E-state index contributed by atoms with van der Waals surface area (Å²) in [6.45, 7) is -0.0104. The first-order valence-corrected chi connectivity index (χ1v) is 2.15. The molecule has 0 rings (SSSR count). The highest BCUT2D eigenvalue weighted by Gasteiger charge is 1.73. The van der Waals surface area contributed by atoms with Crippen LogP contribution in [0.2, 0.25) is 0 Å². The van der Waals surface area contributed by atoms with Crippen molar-refractivity contribution in [2.24, 2.45) is 0 Å². The van der Waals surface area contributed by atoms with E-state index in [-0.39, 0.29) is 6.61 Å². The van der Waals surface area contributed by atoms with E-state index in [4.69, 9.17) is 0 Å². The monoisotopic (exact) mass is 90.0 g/mol. The van der Waals surface area contributed by atoms with Crippen LogP contribution in [0.4, 0.5) is 0 Å². The minimum absolute atomic E-state index is 0.0104. The van der Waals surface area contributed by atoms with Crippen LogP contribution >= 0.6 is 12.6 Å². The third-order valence-electron chi connectivity index (χ3n) is 0.289. The van der Waals surface area contributed by atoms with Crippen molar-refractivity contribution in [3.8, 4) is 0 Å². The maximum Gasteiger partial charge on any atom is 0.0830 e. The Balaban J connectivity index is 2.19. The van der Waals surface area contributed by atoms with Crippen LogP contribution in [0.1, 0.15) is 6.42 Å². The Morgan fingerprint density at radius 1 is 1.60 bits per heavy atom. The van der Waals surface area contributed by atoms with Crippen LogP contribution in [0, 0.1) is 0 Å². The standard InChI is InChI=1S/C3H6OS/c4-2-1-3-5/h1-3H2. The van der Waals surface area contributed by atoms with Crippen LogP contribution in [0.3, 0.4) is 0 Å². The van der Waals surface area contributed by atoms with E-state index in [0.717, 1.165) is 0 Å². The van der Waals surface area contributed by atoms with Gasteiger partial charge in [0.2, 0.25) is 0 Å². The smallest absolute Gasteiger partial charge is 0.0830 e. The number of rotatable bonds is 2. The van der Waals surface area contributed by atoms with Gasteiger partial charge < -0.3 is 0 Å². The van der Waals surface area contributed by atoms with Gasteiger partial charge in [0.05, 0.1) is 6.61 Å². The van der Waals surface area contributed by atoms with Gasteiger partial charge in [0, 0.05) is 5.75 Å². The first kappa shape index (κ1) is 5.31. The molecule has 0 bridgehead atoms.